The number of rotatable bonds is 15. The van der Waals surface area contributed by atoms with E-state index in [1.165, 1.54) is 77.3 Å². The predicted molar refractivity (Wildman–Crippen MR) is 245 cm³/mol. The number of nitrogens with zero attached hydrogens (tertiary/aromatic N) is 7. The van der Waals surface area contributed by atoms with Crippen LogP contribution in [0.25, 0.3) is 11.4 Å². The number of ether oxygens (including phenoxy) is 2. The zero-order valence-electron chi connectivity index (χ0n) is 36.7. The Balaban J connectivity index is 0.000000256. The maximum absolute atomic E-state index is 13.5. The van der Waals surface area contributed by atoms with E-state index in [0.717, 1.165) is 0 Å². The molecule has 1 amide bonds. The summed E-state index contributed by atoms with van der Waals surface area (Å²) in [5, 5.41) is 37.6. The number of sulfone groups is 2. The maximum Gasteiger partial charge on any atom is 0.407 e. The van der Waals surface area contributed by atoms with Gasteiger partial charge in [-0.1, -0.05) is 68.2 Å². The molecule has 4 heterocycles. The molecular formula is C43H46Cl2N8O12S2. The average Bonchev–Trinajstić information content (AvgIpc) is 3.91. The number of nitrogens with one attached hydrogen (secondary N) is 1. The minimum absolute atomic E-state index is 0.0165. The van der Waals surface area contributed by atoms with E-state index in [1.54, 1.807) is 55.6 Å². The van der Waals surface area contributed by atoms with E-state index < -0.39 is 37.7 Å². The molecular weight excluding hydrogens is 956 g/mol. The molecule has 0 atom stereocenters. The van der Waals surface area contributed by atoms with Crippen molar-refractivity contribution in [3.05, 3.63) is 131 Å². The summed E-state index contributed by atoms with van der Waals surface area (Å²) in [6, 6.07) is 22.3. The number of methoxy groups -OCH3 is 2. The summed E-state index contributed by atoms with van der Waals surface area (Å²) >= 11 is 12.6. The van der Waals surface area contributed by atoms with Crippen LogP contribution in [0.4, 0.5) is 4.79 Å². The highest BCUT2D eigenvalue weighted by Gasteiger charge is 2.29. The van der Waals surface area contributed by atoms with Gasteiger partial charge in [0.1, 0.15) is 0 Å². The Morgan fingerprint density at radius 2 is 1.12 bits per heavy atom. The number of halogens is 2. The van der Waals surface area contributed by atoms with Crippen LogP contribution in [0.5, 0.6) is 11.8 Å². The smallest absolute Gasteiger partial charge is 0.407 e. The molecule has 0 saturated carbocycles. The number of pyridine rings is 2. The second-order valence-electron chi connectivity index (χ2n) is 15.0. The third kappa shape index (κ3) is 14.3. The lowest BCUT2D eigenvalue weighted by atomic mass is 9.96. The van der Waals surface area contributed by atoms with Gasteiger partial charge in [-0.2, -0.15) is 10.2 Å². The Morgan fingerprint density at radius 3 is 1.46 bits per heavy atom. The second kappa shape index (κ2) is 23.1. The van der Waals surface area contributed by atoms with Crippen LogP contribution >= 0.6 is 23.2 Å². The van der Waals surface area contributed by atoms with E-state index >= 15 is 0 Å². The van der Waals surface area contributed by atoms with E-state index in [4.69, 9.17) is 42.9 Å². The molecule has 67 heavy (non-hydrogen) atoms. The first-order chi connectivity index (χ1) is 31.5. The van der Waals surface area contributed by atoms with E-state index in [9.17, 15) is 36.3 Å². The van der Waals surface area contributed by atoms with Gasteiger partial charge < -0.3 is 35.0 Å². The number of benzene rings is 2. The highest BCUT2D eigenvalue weighted by molar-refractivity contribution is 7.91. The number of aliphatic carboxylic acids is 2. The van der Waals surface area contributed by atoms with Crippen molar-refractivity contribution >= 4 is 60.9 Å². The molecule has 0 radical (unpaired) electrons. The molecule has 356 valence electrons. The Bertz CT molecular complexity index is 2920. The minimum atomic E-state index is -4.07. The second-order valence-corrected chi connectivity index (χ2v) is 19.6. The van der Waals surface area contributed by atoms with Crippen LogP contribution in [0.2, 0.25) is 10.0 Å². The molecule has 0 saturated heterocycles. The molecule has 2 aromatic carbocycles. The molecule has 0 bridgehead atoms. The summed E-state index contributed by atoms with van der Waals surface area (Å²) in [6.45, 7) is 6.31. The zero-order chi connectivity index (χ0) is 49.7. The monoisotopic (exact) mass is 1000 g/mol. The standard InChI is InChI=1S/C22H25ClN4O5S.C17H17ClN4O3S.C4H4O4/c1-22(2,3)14-26(21(28)29)13-15-11-20(27(25-15)18-8-6-5-7-17(18)23)33(30,31)16-9-10-19(32-4)24-12-16;1-19-10-12-9-17(22(21-12)15-6-4-3-5-14(15)18)26(23,24)13-7-8-16(25-2)20-11-13;5-3(6)1-2-4(7)8/h5-12H,13-14H2,1-4H3,(H,28,29);3-9,11,19H,10H2,1-2H3;1-2H,(H,5,6)(H,7,8). The molecule has 0 fully saturated rings. The Hall–Kier alpha value is -6.85. The highest BCUT2D eigenvalue weighted by atomic mass is 35.5. The Labute approximate surface area is 395 Å². The summed E-state index contributed by atoms with van der Waals surface area (Å²) in [5.74, 6) is -1.91. The number of hydrogen-bond acceptors (Lipinski definition) is 14. The lowest BCUT2D eigenvalue weighted by Gasteiger charge is -2.27. The zero-order valence-corrected chi connectivity index (χ0v) is 39.9. The summed E-state index contributed by atoms with van der Waals surface area (Å²) in [4.78, 5) is 40.1. The van der Waals surface area contributed by atoms with Crippen molar-refractivity contribution in [2.45, 2.75) is 53.7 Å². The van der Waals surface area contributed by atoms with Crippen molar-refractivity contribution in [3.63, 3.8) is 0 Å². The van der Waals surface area contributed by atoms with Crippen LogP contribution in [0, 0.1) is 5.41 Å². The van der Waals surface area contributed by atoms with Crippen molar-refractivity contribution in [1.29, 1.82) is 0 Å². The van der Waals surface area contributed by atoms with E-state index in [0.29, 0.717) is 51.7 Å². The normalized spacial score (nSPS) is 11.5. The number of hydrogen-bond donors (Lipinski definition) is 4. The maximum atomic E-state index is 13.5. The molecule has 0 unspecified atom stereocenters. The molecule has 6 aromatic rings. The van der Waals surface area contributed by atoms with Gasteiger partial charge in [0.05, 0.1) is 63.4 Å². The molecule has 4 aromatic heterocycles. The van der Waals surface area contributed by atoms with Gasteiger partial charge in [0.25, 0.3) is 0 Å². The number of amides is 1. The number of carboxylic acids is 2. The van der Waals surface area contributed by atoms with Crippen molar-refractivity contribution in [2.75, 3.05) is 27.8 Å². The third-order valence-electron chi connectivity index (χ3n) is 8.64. The molecule has 0 spiro atoms. The Kier molecular flexibility index (Phi) is 18.2. The van der Waals surface area contributed by atoms with Crippen LogP contribution in [-0.4, -0.2) is 112 Å². The SMILES string of the molecule is CNCc1cc(S(=O)(=O)c2ccc(OC)nc2)n(-c2ccccc2Cl)n1.COc1ccc(S(=O)(=O)c2cc(CN(CC(C)(C)C)C(=O)O)nn2-c2ccccc2Cl)cn1.O=C(O)C=CC(=O)O. The van der Waals surface area contributed by atoms with Gasteiger partial charge in [-0.3, -0.25) is 0 Å². The molecule has 0 aliphatic heterocycles. The molecule has 20 nitrogen and oxygen atoms in total. The summed E-state index contributed by atoms with van der Waals surface area (Å²) < 4.78 is 65.8. The van der Waals surface area contributed by atoms with Crippen molar-refractivity contribution in [1.82, 2.24) is 39.7 Å². The largest absolute Gasteiger partial charge is 0.481 e. The van der Waals surface area contributed by atoms with Gasteiger partial charge in [-0.25, -0.2) is 50.6 Å². The first-order valence-electron chi connectivity index (χ1n) is 19.5. The van der Waals surface area contributed by atoms with Crippen molar-refractivity contribution in [2.24, 2.45) is 5.41 Å². The number of carbonyl (C=O) groups is 3. The molecule has 0 aliphatic rings. The summed E-state index contributed by atoms with van der Waals surface area (Å²) in [7, 11) is -3.28. The first-order valence-corrected chi connectivity index (χ1v) is 23.2. The van der Waals surface area contributed by atoms with Gasteiger partial charge >= 0.3 is 18.0 Å². The minimum Gasteiger partial charge on any atom is -0.481 e. The van der Waals surface area contributed by atoms with Gasteiger partial charge in [0.15, 0.2) is 10.1 Å². The van der Waals surface area contributed by atoms with Gasteiger partial charge in [0.2, 0.25) is 31.4 Å². The average molecular weight is 1000 g/mol. The topological polar surface area (TPSA) is 275 Å². The number of carboxylic acid groups (broad SMARTS) is 3. The molecule has 24 heteroatoms. The van der Waals surface area contributed by atoms with Gasteiger partial charge in [-0.05, 0) is 48.9 Å². The number of para-hydroxylation sites is 2. The van der Waals surface area contributed by atoms with Crippen LogP contribution < -0.4 is 14.8 Å². The quantitative estimate of drug-likeness (QED) is 0.0801. The van der Waals surface area contributed by atoms with Crippen molar-refractivity contribution < 1.29 is 56.0 Å². The van der Waals surface area contributed by atoms with Crippen molar-refractivity contribution in [3.8, 4) is 23.1 Å². The van der Waals surface area contributed by atoms with Crippen LogP contribution in [0.3, 0.4) is 0 Å². The van der Waals surface area contributed by atoms with Crippen LogP contribution in [-0.2, 0) is 42.4 Å². The summed E-state index contributed by atoms with van der Waals surface area (Å²) in [6.07, 6.45) is 2.45. The highest BCUT2D eigenvalue weighted by Crippen LogP contribution is 2.30. The van der Waals surface area contributed by atoms with E-state index in [1.807, 2.05) is 20.8 Å². The van der Waals surface area contributed by atoms with Gasteiger partial charge in [0, 0.05) is 61.9 Å². The fraction of sp³-hybridized carbons (Fsp3) is 0.233. The first kappa shape index (κ1) is 52.8. The van der Waals surface area contributed by atoms with Crippen LogP contribution in [0.15, 0.2) is 129 Å². The number of aromatic nitrogens is 6. The fourth-order valence-electron chi connectivity index (χ4n) is 5.78. The van der Waals surface area contributed by atoms with E-state index in [-0.39, 0.29) is 49.9 Å². The summed E-state index contributed by atoms with van der Waals surface area (Å²) in [5.41, 5.74) is 1.38. The molecule has 4 N–H and O–H groups in total. The lowest BCUT2D eigenvalue weighted by Crippen LogP contribution is -2.36. The molecule has 0 aliphatic carbocycles. The third-order valence-corrected chi connectivity index (χ3v) is 12.7. The Morgan fingerprint density at radius 1 is 0.701 bits per heavy atom. The predicted octanol–water partition coefficient (Wildman–Crippen LogP) is 6.48. The molecule has 6 rings (SSSR count). The lowest BCUT2D eigenvalue weighted by molar-refractivity contribution is -0.134. The van der Waals surface area contributed by atoms with Gasteiger partial charge in [-0.15, -0.1) is 0 Å². The fourth-order valence-corrected chi connectivity index (χ4v) is 8.88. The van der Waals surface area contributed by atoms with Crippen LogP contribution in [0.1, 0.15) is 32.2 Å². The van der Waals surface area contributed by atoms with E-state index in [2.05, 4.69) is 25.5 Å².